The first-order valence-electron chi connectivity index (χ1n) is 10.6. The summed E-state index contributed by atoms with van der Waals surface area (Å²) in [7, 11) is 1.34. The van der Waals surface area contributed by atoms with Gasteiger partial charge in [0.25, 0.3) is 0 Å². The van der Waals surface area contributed by atoms with E-state index in [0.717, 1.165) is 0 Å². The molecular weight excluding hydrogens is 501 g/mol. The van der Waals surface area contributed by atoms with Gasteiger partial charge in [-0.2, -0.15) is 0 Å². The number of carbonyl (C=O) groups is 2. The highest BCUT2D eigenvalue weighted by Gasteiger charge is 2.44. The molecule has 0 radical (unpaired) electrons. The molecule has 1 saturated heterocycles. The zero-order valence-electron chi connectivity index (χ0n) is 18.3. The lowest BCUT2D eigenvalue weighted by molar-refractivity contribution is -0.118. The number of halogens is 4. The number of methoxy groups -OCH3 is 1. The predicted molar refractivity (Wildman–Crippen MR) is 129 cm³/mol. The monoisotopic (exact) mass is 520 g/mol. The summed E-state index contributed by atoms with van der Waals surface area (Å²) in [6.45, 7) is 0.183. The average Bonchev–Trinajstić information content (AvgIpc) is 3.25. The van der Waals surface area contributed by atoms with Gasteiger partial charge in [-0.1, -0.05) is 41.4 Å². The van der Waals surface area contributed by atoms with E-state index in [9.17, 15) is 19.1 Å². The first kappa shape index (κ1) is 24.9. The number of nitrogens with one attached hydrogen (secondary N) is 2. The van der Waals surface area contributed by atoms with Crippen molar-refractivity contribution in [3.63, 3.8) is 0 Å². The summed E-state index contributed by atoms with van der Waals surface area (Å²) in [6.07, 6.45) is 0. The molecule has 3 aromatic carbocycles. The van der Waals surface area contributed by atoms with Gasteiger partial charge in [-0.25, -0.2) is 13.6 Å². The van der Waals surface area contributed by atoms with Crippen LogP contribution >= 0.6 is 23.2 Å². The molecule has 4 rings (SSSR count). The number of carboxylic acid groups (broad SMARTS) is 1. The zero-order valence-corrected chi connectivity index (χ0v) is 19.8. The van der Waals surface area contributed by atoms with Crippen LogP contribution in [-0.4, -0.2) is 36.7 Å². The zero-order chi connectivity index (χ0) is 25.3. The van der Waals surface area contributed by atoms with Crippen molar-refractivity contribution in [1.29, 1.82) is 0 Å². The van der Waals surface area contributed by atoms with Crippen LogP contribution in [0.1, 0.15) is 33.3 Å². The van der Waals surface area contributed by atoms with E-state index < -0.39 is 41.4 Å². The minimum Gasteiger partial charge on any atom is -0.495 e. The van der Waals surface area contributed by atoms with Gasteiger partial charge in [0.15, 0.2) is 0 Å². The molecule has 10 heteroatoms. The number of hydrogen-bond donors (Lipinski definition) is 3. The Morgan fingerprint density at radius 1 is 1.09 bits per heavy atom. The van der Waals surface area contributed by atoms with Crippen molar-refractivity contribution in [1.82, 2.24) is 5.32 Å². The standard InChI is InChI=1S/C25H20Cl2F2N2O4/c1-35-20-9-12(25(33)34)5-8-19(20)31-24(32)23-21(15-3-2-4-17(27)22(15)29)16(11-30-23)14-7-6-13(26)10-18(14)28/h2-10,16,21,23,30H,11H2,1H3,(H,31,32)(H,33,34)/t16-,21-,23-/m1/s1. The van der Waals surface area contributed by atoms with Crippen molar-refractivity contribution in [3.05, 3.63) is 93.0 Å². The summed E-state index contributed by atoms with van der Waals surface area (Å²) in [5.74, 6) is -4.22. The first-order valence-corrected chi connectivity index (χ1v) is 11.3. The van der Waals surface area contributed by atoms with E-state index in [-0.39, 0.29) is 44.7 Å². The number of hydrogen-bond acceptors (Lipinski definition) is 4. The fourth-order valence-electron chi connectivity index (χ4n) is 4.41. The molecule has 35 heavy (non-hydrogen) atoms. The molecule has 182 valence electrons. The summed E-state index contributed by atoms with van der Waals surface area (Å²) in [5, 5.41) is 15.1. The Morgan fingerprint density at radius 3 is 2.54 bits per heavy atom. The molecule has 1 aliphatic rings. The van der Waals surface area contributed by atoms with Crippen molar-refractivity contribution in [2.45, 2.75) is 17.9 Å². The Kier molecular flexibility index (Phi) is 7.25. The lowest BCUT2D eigenvalue weighted by Crippen LogP contribution is -2.39. The second kappa shape index (κ2) is 10.2. The van der Waals surface area contributed by atoms with Gasteiger partial charge in [-0.3, -0.25) is 4.79 Å². The Labute approximate surface area is 209 Å². The Morgan fingerprint density at radius 2 is 1.86 bits per heavy atom. The third-order valence-corrected chi connectivity index (χ3v) is 6.57. The number of benzene rings is 3. The number of aromatic carboxylic acids is 1. The minimum absolute atomic E-state index is 0.0176. The highest BCUT2D eigenvalue weighted by molar-refractivity contribution is 6.31. The van der Waals surface area contributed by atoms with Crippen LogP contribution in [0.2, 0.25) is 10.0 Å². The second-order valence-corrected chi connectivity index (χ2v) is 8.88. The molecule has 1 fully saturated rings. The molecule has 0 aliphatic carbocycles. The van der Waals surface area contributed by atoms with Crippen molar-refractivity contribution < 1.29 is 28.2 Å². The Balaban J connectivity index is 1.72. The number of anilines is 1. The van der Waals surface area contributed by atoms with Gasteiger partial charge in [0, 0.05) is 23.4 Å². The summed E-state index contributed by atoms with van der Waals surface area (Å²) < 4.78 is 35.2. The topological polar surface area (TPSA) is 87.7 Å². The van der Waals surface area contributed by atoms with Crippen LogP contribution < -0.4 is 15.4 Å². The maximum atomic E-state index is 15.1. The van der Waals surface area contributed by atoms with E-state index in [0.29, 0.717) is 0 Å². The van der Waals surface area contributed by atoms with E-state index in [4.69, 9.17) is 27.9 Å². The lowest BCUT2D eigenvalue weighted by Gasteiger charge is -2.25. The van der Waals surface area contributed by atoms with E-state index >= 15 is 4.39 Å². The predicted octanol–water partition coefficient (Wildman–Crippen LogP) is 5.46. The molecule has 3 N–H and O–H groups in total. The summed E-state index contributed by atoms with van der Waals surface area (Å²) >= 11 is 11.9. The van der Waals surface area contributed by atoms with Crippen LogP contribution in [0.25, 0.3) is 0 Å². The number of rotatable bonds is 6. The normalized spacial score (nSPS) is 19.4. The maximum Gasteiger partial charge on any atom is 0.335 e. The highest BCUT2D eigenvalue weighted by atomic mass is 35.5. The second-order valence-electron chi connectivity index (χ2n) is 8.04. The fraction of sp³-hybridized carbons (Fsp3) is 0.200. The SMILES string of the molecule is COc1cc(C(=O)O)ccc1NC(=O)[C@@H]1NC[C@H](c2ccc(Cl)cc2F)[C@H]1c1cccc(Cl)c1F. The molecule has 6 nitrogen and oxygen atoms in total. The first-order chi connectivity index (χ1) is 16.7. The highest BCUT2D eigenvalue weighted by Crippen LogP contribution is 2.43. The van der Waals surface area contributed by atoms with Crippen LogP contribution in [0.4, 0.5) is 14.5 Å². The number of amides is 1. The quantitative estimate of drug-likeness (QED) is 0.401. The molecule has 3 atom stereocenters. The van der Waals surface area contributed by atoms with Gasteiger partial charge in [0.1, 0.15) is 17.4 Å². The van der Waals surface area contributed by atoms with Crippen LogP contribution in [0.3, 0.4) is 0 Å². The number of carbonyl (C=O) groups excluding carboxylic acids is 1. The third kappa shape index (κ3) is 4.96. The summed E-state index contributed by atoms with van der Waals surface area (Å²) in [4.78, 5) is 24.6. The van der Waals surface area contributed by atoms with Gasteiger partial charge in [0.2, 0.25) is 5.91 Å². The van der Waals surface area contributed by atoms with Crippen molar-refractivity contribution in [3.8, 4) is 5.75 Å². The van der Waals surface area contributed by atoms with E-state index in [2.05, 4.69) is 10.6 Å². The van der Waals surface area contributed by atoms with Crippen molar-refractivity contribution >= 4 is 40.8 Å². The number of carboxylic acids is 1. The van der Waals surface area contributed by atoms with Gasteiger partial charge in [-0.15, -0.1) is 0 Å². The van der Waals surface area contributed by atoms with Crippen LogP contribution in [-0.2, 0) is 4.79 Å². The van der Waals surface area contributed by atoms with E-state index in [1.807, 2.05) is 0 Å². The maximum absolute atomic E-state index is 15.1. The van der Waals surface area contributed by atoms with E-state index in [1.54, 1.807) is 6.07 Å². The molecular formula is C25H20Cl2F2N2O4. The molecule has 0 saturated carbocycles. The van der Waals surface area contributed by atoms with Gasteiger partial charge in [0.05, 0.1) is 29.4 Å². The molecule has 3 aromatic rings. The molecule has 1 heterocycles. The Hall–Kier alpha value is -3.20. The molecule has 1 aliphatic heterocycles. The number of ether oxygens (including phenoxy) is 1. The van der Waals surface area contributed by atoms with E-state index in [1.165, 1.54) is 55.6 Å². The van der Waals surface area contributed by atoms with Crippen LogP contribution in [0.5, 0.6) is 5.75 Å². The largest absolute Gasteiger partial charge is 0.495 e. The summed E-state index contributed by atoms with van der Waals surface area (Å²) in [6, 6.07) is 11.7. The molecule has 0 unspecified atom stereocenters. The Bertz CT molecular complexity index is 1300. The average molecular weight is 521 g/mol. The molecule has 0 bridgehead atoms. The van der Waals surface area contributed by atoms with Crippen molar-refractivity contribution in [2.75, 3.05) is 19.0 Å². The molecule has 0 aromatic heterocycles. The molecule has 0 spiro atoms. The van der Waals surface area contributed by atoms with Gasteiger partial charge >= 0.3 is 5.97 Å². The van der Waals surface area contributed by atoms with Crippen LogP contribution in [0.15, 0.2) is 54.6 Å². The molecule has 1 amide bonds. The van der Waals surface area contributed by atoms with Crippen LogP contribution in [0, 0.1) is 11.6 Å². The minimum atomic E-state index is -1.15. The fourth-order valence-corrected chi connectivity index (χ4v) is 4.75. The lowest BCUT2D eigenvalue weighted by atomic mass is 9.79. The van der Waals surface area contributed by atoms with Crippen molar-refractivity contribution in [2.24, 2.45) is 0 Å². The summed E-state index contributed by atoms with van der Waals surface area (Å²) in [5.41, 5.74) is 0.659. The van der Waals surface area contributed by atoms with Gasteiger partial charge < -0.3 is 20.5 Å². The smallest absolute Gasteiger partial charge is 0.335 e. The third-order valence-electron chi connectivity index (χ3n) is 6.04. The van der Waals surface area contributed by atoms with Gasteiger partial charge in [-0.05, 0) is 47.5 Å².